The first-order valence-electron chi connectivity index (χ1n) is 10.3. The third-order valence-electron chi connectivity index (χ3n) is 6.07. The number of carboxylic acid groups (broad SMARTS) is 1. The molecule has 9 heteroatoms. The Hall–Kier alpha value is -2.91. The predicted molar refractivity (Wildman–Crippen MR) is 119 cm³/mol. The van der Waals surface area contributed by atoms with Crippen LogP contribution in [0.2, 0.25) is 0 Å². The number of nitrogens with one attached hydrogen (secondary N) is 1. The maximum atomic E-state index is 12.8. The summed E-state index contributed by atoms with van der Waals surface area (Å²) in [6.45, 7) is 0.273. The summed E-state index contributed by atoms with van der Waals surface area (Å²) in [5.41, 5.74) is -0.284. The molecule has 0 aliphatic carbocycles. The van der Waals surface area contributed by atoms with Crippen LogP contribution in [0.4, 0.5) is 0 Å². The van der Waals surface area contributed by atoms with E-state index < -0.39 is 17.4 Å². The summed E-state index contributed by atoms with van der Waals surface area (Å²) in [6.07, 6.45) is 2.09. The van der Waals surface area contributed by atoms with Crippen LogP contribution in [0.25, 0.3) is 10.9 Å². The summed E-state index contributed by atoms with van der Waals surface area (Å²) in [7, 11) is 0. The molecule has 1 aromatic carbocycles. The van der Waals surface area contributed by atoms with Gasteiger partial charge in [0.05, 0.1) is 17.8 Å². The van der Waals surface area contributed by atoms with Gasteiger partial charge in [-0.15, -0.1) is 23.1 Å². The molecule has 0 spiro atoms. The Labute approximate surface area is 193 Å². The lowest BCUT2D eigenvalue weighted by Gasteiger charge is -2.54. The van der Waals surface area contributed by atoms with E-state index >= 15 is 0 Å². The van der Waals surface area contributed by atoms with Gasteiger partial charge in [0.2, 0.25) is 17.3 Å². The van der Waals surface area contributed by atoms with E-state index in [9.17, 15) is 19.5 Å². The monoisotopic (exact) mass is 467 g/mol. The van der Waals surface area contributed by atoms with Crippen molar-refractivity contribution in [3.8, 4) is 0 Å². The number of fused-ring (bicyclic) bond motifs is 2. The highest BCUT2D eigenvalue weighted by molar-refractivity contribution is 8.00. The minimum absolute atomic E-state index is 0.0688. The van der Waals surface area contributed by atoms with E-state index in [0.717, 1.165) is 15.8 Å². The van der Waals surface area contributed by atoms with E-state index in [4.69, 9.17) is 0 Å². The lowest BCUT2D eigenvalue weighted by atomic mass is 9.86. The number of pyridine rings is 1. The molecule has 2 unspecified atom stereocenters. The smallest absolute Gasteiger partial charge is 0.249 e. The molecule has 7 nitrogen and oxygen atoms in total. The van der Waals surface area contributed by atoms with Crippen LogP contribution in [0.1, 0.15) is 4.88 Å². The zero-order valence-electron chi connectivity index (χ0n) is 17.1. The van der Waals surface area contributed by atoms with Gasteiger partial charge in [0.25, 0.3) is 0 Å². The van der Waals surface area contributed by atoms with Gasteiger partial charge >= 0.3 is 0 Å². The van der Waals surface area contributed by atoms with E-state index in [1.807, 2.05) is 64.7 Å². The Morgan fingerprint density at radius 1 is 1.19 bits per heavy atom. The topological polar surface area (TPSA) is 93.4 Å². The van der Waals surface area contributed by atoms with Crippen LogP contribution in [-0.2, 0) is 27.3 Å². The average molecular weight is 468 g/mol. The lowest BCUT2D eigenvalue weighted by molar-refractivity contribution is -0.683. The largest absolute Gasteiger partial charge is 0.549 e. The molecule has 2 fully saturated rings. The summed E-state index contributed by atoms with van der Waals surface area (Å²) in [4.78, 5) is 39.9. The molecule has 0 radical (unpaired) electrons. The molecule has 4 heterocycles. The van der Waals surface area contributed by atoms with Crippen molar-refractivity contribution in [1.82, 2.24) is 10.2 Å². The van der Waals surface area contributed by atoms with Crippen molar-refractivity contribution in [2.24, 2.45) is 5.41 Å². The van der Waals surface area contributed by atoms with Crippen LogP contribution in [-0.4, -0.2) is 46.4 Å². The first-order chi connectivity index (χ1) is 15.5. The van der Waals surface area contributed by atoms with Crippen molar-refractivity contribution in [3.63, 3.8) is 0 Å². The van der Waals surface area contributed by atoms with Crippen molar-refractivity contribution in [1.29, 1.82) is 0 Å². The highest BCUT2D eigenvalue weighted by Crippen LogP contribution is 2.42. The predicted octanol–water partition coefficient (Wildman–Crippen LogP) is 0.568. The van der Waals surface area contributed by atoms with Crippen molar-refractivity contribution in [3.05, 3.63) is 65.0 Å². The number of thioether (sulfide) groups is 1. The summed E-state index contributed by atoms with van der Waals surface area (Å²) in [6, 6.07) is 14.8. The fraction of sp³-hybridized carbons (Fsp3) is 0.304. The Bertz CT molecular complexity index is 1190. The standard InChI is InChI=1S/C23H21N3O4S2/c27-18(11-16-7-4-10-31-16)24-19-20(28)26-13-23(22(29)30,14-32-21(19)26)12-25-9-3-6-15-5-1-2-8-17(15)25/h1-10,19,21H,11-14H2,(H-,24,27,29,30)/t19?,21-,23?/m1/s1. The Balaban J connectivity index is 1.31. The fourth-order valence-electron chi connectivity index (χ4n) is 4.39. The molecule has 2 amide bonds. The molecule has 2 aliphatic heterocycles. The summed E-state index contributed by atoms with van der Waals surface area (Å²) in [5, 5.41) is 17.8. The molecule has 3 atom stereocenters. The third kappa shape index (κ3) is 3.65. The number of amides is 2. The van der Waals surface area contributed by atoms with Crippen LogP contribution in [0.15, 0.2) is 60.1 Å². The molecule has 2 saturated heterocycles. The van der Waals surface area contributed by atoms with Gasteiger partial charge in [-0.2, -0.15) is 4.57 Å². The van der Waals surface area contributed by atoms with E-state index in [-0.39, 0.29) is 36.7 Å². The molecule has 1 N–H and O–H groups in total. The number of rotatable bonds is 6. The number of carbonyl (C=O) groups is 3. The average Bonchev–Trinajstić information content (AvgIpc) is 3.30. The number of carbonyl (C=O) groups excluding carboxylic acids is 3. The number of benzene rings is 1. The van der Waals surface area contributed by atoms with E-state index in [2.05, 4.69) is 5.32 Å². The highest BCUT2D eigenvalue weighted by Gasteiger charge is 2.56. The van der Waals surface area contributed by atoms with Crippen molar-refractivity contribution in [2.75, 3.05) is 12.3 Å². The highest BCUT2D eigenvalue weighted by atomic mass is 32.2. The minimum atomic E-state index is -1.21. The Morgan fingerprint density at radius 2 is 2.00 bits per heavy atom. The van der Waals surface area contributed by atoms with Gasteiger partial charge in [0.15, 0.2) is 12.7 Å². The first-order valence-corrected chi connectivity index (χ1v) is 12.2. The summed E-state index contributed by atoms with van der Waals surface area (Å²) >= 11 is 2.89. The Morgan fingerprint density at radius 3 is 2.78 bits per heavy atom. The first kappa shape index (κ1) is 21.0. The molecule has 2 aromatic heterocycles. The van der Waals surface area contributed by atoms with E-state index in [1.54, 1.807) is 4.90 Å². The number of β-lactam (4-membered cyclic amide) rings is 1. The second-order valence-corrected chi connectivity index (χ2v) is 10.4. The van der Waals surface area contributed by atoms with Crippen LogP contribution < -0.4 is 15.0 Å². The molecule has 164 valence electrons. The molecule has 2 aliphatic rings. The molecule has 0 bridgehead atoms. The number of thiophene rings is 1. The molecular weight excluding hydrogens is 446 g/mol. The van der Waals surface area contributed by atoms with Crippen LogP contribution in [0.3, 0.4) is 0 Å². The van der Waals surface area contributed by atoms with Gasteiger partial charge in [0.1, 0.15) is 11.4 Å². The van der Waals surface area contributed by atoms with Crippen molar-refractivity contribution >= 4 is 51.8 Å². The lowest BCUT2D eigenvalue weighted by Crippen LogP contribution is -2.75. The number of nitrogens with zero attached hydrogens (tertiary/aromatic N) is 2. The van der Waals surface area contributed by atoms with Gasteiger partial charge in [0, 0.05) is 34.7 Å². The second-order valence-electron chi connectivity index (χ2n) is 8.23. The Kier molecular flexibility index (Phi) is 5.38. The SMILES string of the molecule is O=C(Cc1cccs1)NC1C(=O)N2CC(C[n+]3cccc4ccccc43)(C(=O)[O-])CS[C@H]12. The number of hydrogen-bond acceptors (Lipinski definition) is 6. The summed E-state index contributed by atoms with van der Waals surface area (Å²) in [5.74, 6) is -1.30. The fourth-order valence-corrected chi connectivity index (χ4v) is 6.62. The molecular formula is C23H21N3O4S2. The molecule has 5 rings (SSSR count). The number of aliphatic carboxylic acids is 1. The maximum absolute atomic E-state index is 12.8. The molecule has 3 aromatic rings. The molecule has 32 heavy (non-hydrogen) atoms. The van der Waals surface area contributed by atoms with Gasteiger partial charge in [-0.05, 0) is 23.6 Å². The van der Waals surface area contributed by atoms with E-state index in [1.165, 1.54) is 23.1 Å². The number of carboxylic acids is 1. The van der Waals surface area contributed by atoms with E-state index in [0.29, 0.717) is 5.75 Å². The van der Waals surface area contributed by atoms with Gasteiger partial charge < -0.3 is 20.1 Å². The zero-order chi connectivity index (χ0) is 22.3. The van der Waals surface area contributed by atoms with Crippen molar-refractivity contribution < 1.29 is 24.1 Å². The normalized spacial score (nSPS) is 24.6. The number of hydrogen-bond donors (Lipinski definition) is 1. The van der Waals surface area contributed by atoms with Crippen LogP contribution >= 0.6 is 23.1 Å². The number of aromatic nitrogens is 1. The zero-order valence-corrected chi connectivity index (χ0v) is 18.7. The number of para-hydroxylation sites is 1. The summed E-state index contributed by atoms with van der Waals surface area (Å²) < 4.78 is 1.91. The van der Waals surface area contributed by atoms with Crippen molar-refractivity contribution in [2.45, 2.75) is 24.4 Å². The van der Waals surface area contributed by atoms with Gasteiger partial charge in [-0.25, -0.2) is 0 Å². The third-order valence-corrected chi connectivity index (χ3v) is 8.53. The maximum Gasteiger partial charge on any atom is 0.249 e. The second kappa shape index (κ2) is 8.22. The minimum Gasteiger partial charge on any atom is -0.549 e. The van der Waals surface area contributed by atoms with Crippen LogP contribution in [0.5, 0.6) is 0 Å². The quantitative estimate of drug-likeness (QED) is 0.423. The molecule has 0 saturated carbocycles. The van der Waals surface area contributed by atoms with Crippen LogP contribution in [0, 0.1) is 5.41 Å². The van der Waals surface area contributed by atoms with Gasteiger partial charge in [-0.1, -0.05) is 18.2 Å². The van der Waals surface area contributed by atoms with Gasteiger partial charge in [-0.3, -0.25) is 9.59 Å².